The first-order valence-electron chi connectivity index (χ1n) is 6.71. The Morgan fingerprint density at radius 3 is 3.33 bits per heavy atom. The highest BCUT2D eigenvalue weighted by Crippen LogP contribution is 2.25. The van der Waals surface area contributed by atoms with Crippen LogP contribution in [0.4, 0.5) is 0 Å². The minimum Gasteiger partial charge on any atom is -0.374 e. The van der Waals surface area contributed by atoms with Crippen molar-refractivity contribution in [2.45, 2.75) is 37.5 Å². The Labute approximate surface area is 112 Å². The van der Waals surface area contributed by atoms with E-state index >= 15 is 0 Å². The normalized spacial score (nSPS) is 30.3. The van der Waals surface area contributed by atoms with Crippen LogP contribution < -0.4 is 11.3 Å². The Bertz CT molecular complexity index is 370. The highest BCUT2D eigenvalue weighted by atomic mass is 32.1. The molecule has 2 fully saturated rings. The molecule has 0 aromatic carbocycles. The van der Waals surface area contributed by atoms with Gasteiger partial charge in [0.25, 0.3) is 0 Å². The van der Waals surface area contributed by atoms with Gasteiger partial charge in [-0.1, -0.05) is 6.07 Å². The van der Waals surface area contributed by atoms with Crippen LogP contribution in [0.25, 0.3) is 0 Å². The van der Waals surface area contributed by atoms with Crippen LogP contribution in [-0.2, 0) is 11.2 Å². The van der Waals surface area contributed by atoms with Gasteiger partial charge in [-0.3, -0.25) is 16.2 Å². The first kappa shape index (κ1) is 12.6. The van der Waals surface area contributed by atoms with E-state index in [9.17, 15) is 0 Å². The molecule has 0 saturated carbocycles. The summed E-state index contributed by atoms with van der Waals surface area (Å²) in [5.41, 5.74) is 2.94. The summed E-state index contributed by atoms with van der Waals surface area (Å²) in [5, 5.41) is 2.11. The fraction of sp³-hybridized carbons (Fsp3) is 0.692. The standard InChI is InChI=1S/C13H21N3OS/c14-15-12(7-11-4-2-6-18-11)13-8-16-5-1-3-10(16)9-17-13/h2,4,6,10,12-13,15H,1,3,5,7-9,14H2. The number of rotatable bonds is 4. The van der Waals surface area contributed by atoms with Gasteiger partial charge >= 0.3 is 0 Å². The summed E-state index contributed by atoms with van der Waals surface area (Å²) in [4.78, 5) is 3.93. The topological polar surface area (TPSA) is 50.5 Å². The van der Waals surface area contributed by atoms with Crippen LogP contribution in [0.15, 0.2) is 17.5 Å². The maximum absolute atomic E-state index is 6.01. The van der Waals surface area contributed by atoms with Gasteiger partial charge in [-0.25, -0.2) is 0 Å². The van der Waals surface area contributed by atoms with Gasteiger partial charge in [-0.15, -0.1) is 11.3 Å². The first-order chi connectivity index (χ1) is 8.86. The minimum atomic E-state index is 0.213. The Morgan fingerprint density at radius 1 is 1.61 bits per heavy atom. The minimum absolute atomic E-state index is 0.213. The molecule has 0 radical (unpaired) electrons. The quantitative estimate of drug-likeness (QED) is 0.631. The number of morpholine rings is 1. The monoisotopic (exact) mass is 267 g/mol. The molecule has 4 nitrogen and oxygen atoms in total. The van der Waals surface area contributed by atoms with Gasteiger partial charge in [0, 0.05) is 23.9 Å². The largest absolute Gasteiger partial charge is 0.374 e. The van der Waals surface area contributed by atoms with Gasteiger partial charge in [-0.05, 0) is 30.8 Å². The zero-order valence-electron chi connectivity index (χ0n) is 10.5. The summed E-state index contributed by atoms with van der Waals surface area (Å²) in [6.45, 7) is 3.11. The van der Waals surface area contributed by atoms with Crippen LogP contribution in [0.1, 0.15) is 17.7 Å². The van der Waals surface area contributed by atoms with Crippen molar-refractivity contribution >= 4 is 11.3 Å². The second-order valence-corrected chi connectivity index (χ2v) is 6.25. The first-order valence-corrected chi connectivity index (χ1v) is 7.59. The second kappa shape index (κ2) is 5.67. The van der Waals surface area contributed by atoms with E-state index in [1.807, 2.05) is 0 Å². The number of hydrogen-bond donors (Lipinski definition) is 2. The van der Waals surface area contributed by atoms with E-state index in [4.69, 9.17) is 10.6 Å². The number of nitrogens with one attached hydrogen (secondary N) is 1. The molecule has 2 aliphatic heterocycles. The lowest BCUT2D eigenvalue weighted by Crippen LogP contribution is -2.56. The van der Waals surface area contributed by atoms with Gasteiger partial charge in [0.1, 0.15) is 0 Å². The van der Waals surface area contributed by atoms with E-state index in [2.05, 4.69) is 27.8 Å². The fourth-order valence-corrected chi connectivity index (χ4v) is 3.79. The summed E-state index contributed by atoms with van der Waals surface area (Å²) in [6, 6.07) is 5.12. The van der Waals surface area contributed by atoms with Crippen LogP contribution in [0.3, 0.4) is 0 Å². The Balaban J connectivity index is 1.61. The summed E-state index contributed by atoms with van der Waals surface area (Å²) in [7, 11) is 0. The van der Waals surface area contributed by atoms with Gasteiger partial charge in [0.05, 0.1) is 18.8 Å². The van der Waals surface area contributed by atoms with Crippen molar-refractivity contribution in [2.75, 3.05) is 19.7 Å². The summed E-state index contributed by atoms with van der Waals surface area (Å²) in [6.07, 6.45) is 3.77. The molecule has 3 rings (SSSR count). The van der Waals surface area contributed by atoms with E-state index in [1.165, 1.54) is 24.3 Å². The van der Waals surface area contributed by atoms with Crippen molar-refractivity contribution in [3.05, 3.63) is 22.4 Å². The SMILES string of the molecule is NNC(Cc1cccs1)C1CN2CCCC2CO1. The van der Waals surface area contributed by atoms with E-state index in [0.717, 1.165) is 19.6 Å². The molecule has 1 aromatic heterocycles. The third-order valence-electron chi connectivity index (χ3n) is 4.08. The number of nitrogens with zero attached hydrogens (tertiary/aromatic N) is 1. The number of nitrogens with two attached hydrogens (primary N) is 1. The van der Waals surface area contributed by atoms with Gasteiger partial charge < -0.3 is 4.74 Å². The molecule has 2 saturated heterocycles. The molecule has 1 aromatic rings. The Morgan fingerprint density at radius 2 is 2.56 bits per heavy atom. The lowest BCUT2D eigenvalue weighted by Gasteiger charge is -2.38. The molecule has 3 atom stereocenters. The molecule has 0 aliphatic carbocycles. The highest BCUT2D eigenvalue weighted by molar-refractivity contribution is 7.09. The fourth-order valence-electron chi connectivity index (χ4n) is 3.03. The number of hydrogen-bond acceptors (Lipinski definition) is 5. The molecule has 0 spiro atoms. The van der Waals surface area contributed by atoms with Crippen molar-refractivity contribution in [1.82, 2.24) is 10.3 Å². The number of thiophene rings is 1. The summed E-state index contributed by atoms with van der Waals surface area (Å²) < 4.78 is 6.01. The molecule has 3 N–H and O–H groups in total. The number of fused-ring (bicyclic) bond motifs is 1. The van der Waals surface area contributed by atoms with Crippen molar-refractivity contribution in [2.24, 2.45) is 5.84 Å². The lowest BCUT2D eigenvalue weighted by atomic mass is 10.0. The molecule has 100 valence electrons. The van der Waals surface area contributed by atoms with Gasteiger partial charge in [0.15, 0.2) is 0 Å². The third-order valence-corrected chi connectivity index (χ3v) is 4.98. The van der Waals surface area contributed by atoms with Crippen LogP contribution in [0, 0.1) is 0 Å². The van der Waals surface area contributed by atoms with Crippen LogP contribution in [0.5, 0.6) is 0 Å². The van der Waals surface area contributed by atoms with E-state index in [0.29, 0.717) is 6.04 Å². The smallest absolute Gasteiger partial charge is 0.0872 e. The Kier molecular flexibility index (Phi) is 3.96. The van der Waals surface area contributed by atoms with Crippen molar-refractivity contribution in [3.63, 3.8) is 0 Å². The lowest BCUT2D eigenvalue weighted by molar-refractivity contribution is -0.0643. The number of hydrazine groups is 1. The average molecular weight is 267 g/mol. The van der Waals surface area contributed by atoms with Crippen LogP contribution in [-0.4, -0.2) is 42.8 Å². The summed E-state index contributed by atoms with van der Waals surface area (Å²) in [5.74, 6) is 5.71. The van der Waals surface area contributed by atoms with Gasteiger partial charge in [0.2, 0.25) is 0 Å². The predicted octanol–water partition coefficient (Wildman–Crippen LogP) is 0.986. The maximum Gasteiger partial charge on any atom is 0.0872 e. The highest BCUT2D eigenvalue weighted by Gasteiger charge is 2.35. The van der Waals surface area contributed by atoms with Crippen molar-refractivity contribution < 1.29 is 4.74 Å². The molecule has 18 heavy (non-hydrogen) atoms. The molecular weight excluding hydrogens is 246 g/mol. The van der Waals surface area contributed by atoms with Crippen LogP contribution in [0.2, 0.25) is 0 Å². The molecule has 3 heterocycles. The zero-order chi connectivity index (χ0) is 12.4. The molecule has 5 heteroatoms. The van der Waals surface area contributed by atoms with E-state index in [-0.39, 0.29) is 12.1 Å². The van der Waals surface area contributed by atoms with E-state index < -0.39 is 0 Å². The van der Waals surface area contributed by atoms with Crippen LogP contribution >= 0.6 is 11.3 Å². The number of ether oxygens (including phenoxy) is 1. The van der Waals surface area contributed by atoms with Gasteiger partial charge in [-0.2, -0.15) is 0 Å². The average Bonchev–Trinajstić information content (AvgIpc) is 3.06. The molecule has 0 bridgehead atoms. The molecular formula is C13H21N3OS. The predicted molar refractivity (Wildman–Crippen MR) is 73.5 cm³/mol. The third kappa shape index (κ3) is 2.60. The maximum atomic E-state index is 6.01. The second-order valence-electron chi connectivity index (χ2n) is 5.22. The summed E-state index contributed by atoms with van der Waals surface area (Å²) >= 11 is 1.79. The molecule has 0 amide bonds. The van der Waals surface area contributed by atoms with Crippen molar-refractivity contribution in [3.8, 4) is 0 Å². The van der Waals surface area contributed by atoms with E-state index in [1.54, 1.807) is 11.3 Å². The molecule has 2 aliphatic rings. The molecule has 3 unspecified atom stereocenters. The zero-order valence-corrected chi connectivity index (χ0v) is 11.4. The Hall–Kier alpha value is -0.460. The van der Waals surface area contributed by atoms with Crippen molar-refractivity contribution in [1.29, 1.82) is 0 Å².